The summed E-state index contributed by atoms with van der Waals surface area (Å²) in [7, 11) is 0. The smallest absolute Gasteiger partial charge is 0.249 e. The largest absolute Gasteiger partial charge is 0.368 e. The van der Waals surface area contributed by atoms with E-state index in [0.717, 1.165) is 24.8 Å². The standard InChI is InChI=1S/C16H20N2O2/c1-11-4-5-14-13(9-11)12(10-18-14)6-7-17-16(19)15-3-2-8-20-15/h4-5,9-10,15,18H,2-3,6-8H2,1H3,(H,17,19)/t15-/m0/s1. The van der Waals surface area contributed by atoms with E-state index in [-0.39, 0.29) is 12.0 Å². The van der Waals surface area contributed by atoms with Crippen LogP contribution in [0.2, 0.25) is 0 Å². The minimum atomic E-state index is -0.236. The Morgan fingerprint density at radius 2 is 2.40 bits per heavy atom. The SMILES string of the molecule is Cc1ccc2[nH]cc(CCNC(=O)[C@@H]3CCCO3)c2c1. The average Bonchev–Trinajstić information content (AvgIpc) is 3.08. The second-order valence-corrected chi connectivity index (χ2v) is 5.41. The number of hydrogen-bond donors (Lipinski definition) is 2. The zero-order chi connectivity index (χ0) is 13.9. The summed E-state index contributed by atoms with van der Waals surface area (Å²) < 4.78 is 5.37. The van der Waals surface area contributed by atoms with E-state index in [1.165, 1.54) is 16.5 Å². The maximum absolute atomic E-state index is 11.8. The molecule has 20 heavy (non-hydrogen) atoms. The van der Waals surface area contributed by atoms with Gasteiger partial charge >= 0.3 is 0 Å². The maximum atomic E-state index is 11.8. The molecule has 3 rings (SSSR count). The van der Waals surface area contributed by atoms with Gasteiger partial charge in [0.2, 0.25) is 5.91 Å². The van der Waals surface area contributed by atoms with Gasteiger partial charge in [-0.2, -0.15) is 0 Å². The predicted molar refractivity (Wildman–Crippen MR) is 78.7 cm³/mol. The van der Waals surface area contributed by atoms with E-state index in [9.17, 15) is 4.79 Å². The minimum Gasteiger partial charge on any atom is -0.368 e. The first-order chi connectivity index (χ1) is 9.74. The molecule has 1 atom stereocenters. The van der Waals surface area contributed by atoms with Crippen molar-refractivity contribution in [2.24, 2.45) is 0 Å². The van der Waals surface area contributed by atoms with Crippen LogP contribution in [0.5, 0.6) is 0 Å². The molecule has 1 aliphatic heterocycles. The predicted octanol–water partition coefficient (Wildman–Crippen LogP) is 2.31. The first-order valence-corrected chi connectivity index (χ1v) is 7.20. The molecule has 2 heterocycles. The fraction of sp³-hybridized carbons (Fsp3) is 0.438. The number of aromatic amines is 1. The fourth-order valence-corrected chi connectivity index (χ4v) is 2.72. The Balaban J connectivity index is 1.59. The van der Waals surface area contributed by atoms with E-state index < -0.39 is 0 Å². The average molecular weight is 272 g/mol. The summed E-state index contributed by atoms with van der Waals surface area (Å²) in [5.74, 6) is 0.0264. The van der Waals surface area contributed by atoms with Crippen molar-refractivity contribution in [3.63, 3.8) is 0 Å². The zero-order valence-corrected chi connectivity index (χ0v) is 11.7. The number of rotatable bonds is 4. The quantitative estimate of drug-likeness (QED) is 0.897. The van der Waals surface area contributed by atoms with Gasteiger partial charge in [0.15, 0.2) is 0 Å². The highest BCUT2D eigenvalue weighted by Crippen LogP contribution is 2.20. The van der Waals surface area contributed by atoms with Gasteiger partial charge in [-0.15, -0.1) is 0 Å². The highest BCUT2D eigenvalue weighted by molar-refractivity contribution is 5.84. The summed E-state index contributed by atoms with van der Waals surface area (Å²) in [6, 6.07) is 6.38. The van der Waals surface area contributed by atoms with Crippen molar-refractivity contribution in [1.29, 1.82) is 0 Å². The highest BCUT2D eigenvalue weighted by Gasteiger charge is 2.22. The number of carbonyl (C=O) groups excluding carboxylic acids is 1. The molecule has 0 bridgehead atoms. The topological polar surface area (TPSA) is 54.1 Å². The number of benzene rings is 1. The van der Waals surface area contributed by atoms with Crippen molar-refractivity contribution in [1.82, 2.24) is 10.3 Å². The summed E-state index contributed by atoms with van der Waals surface area (Å²) in [6.07, 6.45) is 4.46. The second kappa shape index (κ2) is 5.67. The molecule has 0 unspecified atom stereocenters. The van der Waals surface area contributed by atoms with E-state index in [0.29, 0.717) is 13.2 Å². The fourth-order valence-electron chi connectivity index (χ4n) is 2.72. The third kappa shape index (κ3) is 2.70. The molecule has 1 fully saturated rings. The lowest BCUT2D eigenvalue weighted by Crippen LogP contribution is -2.35. The Labute approximate surface area is 118 Å². The van der Waals surface area contributed by atoms with E-state index in [1.54, 1.807) is 0 Å². The molecule has 4 nitrogen and oxygen atoms in total. The van der Waals surface area contributed by atoms with Crippen molar-refractivity contribution in [2.45, 2.75) is 32.3 Å². The summed E-state index contributed by atoms with van der Waals surface area (Å²) >= 11 is 0. The molecule has 1 aromatic carbocycles. The van der Waals surface area contributed by atoms with Crippen molar-refractivity contribution < 1.29 is 9.53 Å². The Bertz CT molecular complexity index is 612. The normalized spacial score (nSPS) is 18.6. The number of ether oxygens (including phenoxy) is 1. The monoisotopic (exact) mass is 272 g/mol. The number of carbonyl (C=O) groups is 1. The van der Waals surface area contributed by atoms with Crippen LogP contribution >= 0.6 is 0 Å². The Morgan fingerprint density at radius 1 is 1.50 bits per heavy atom. The van der Waals surface area contributed by atoms with Gasteiger partial charge in [-0.25, -0.2) is 0 Å². The molecule has 1 amide bonds. The summed E-state index contributed by atoms with van der Waals surface area (Å²) in [5.41, 5.74) is 3.65. The van der Waals surface area contributed by atoms with Gasteiger partial charge in [0.25, 0.3) is 0 Å². The highest BCUT2D eigenvalue weighted by atomic mass is 16.5. The summed E-state index contributed by atoms with van der Waals surface area (Å²) in [6.45, 7) is 3.45. The number of H-pyrrole nitrogens is 1. The van der Waals surface area contributed by atoms with Gasteiger partial charge in [-0.1, -0.05) is 11.6 Å². The van der Waals surface area contributed by atoms with Crippen LogP contribution < -0.4 is 5.32 Å². The van der Waals surface area contributed by atoms with Crippen LogP contribution in [0.15, 0.2) is 24.4 Å². The van der Waals surface area contributed by atoms with Crippen LogP contribution in [0.3, 0.4) is 0 Å². The molecule has 106 valence electrons. The van der Waals surface area contributed by atoms with Crippen LogP contribution in [0.4, 0.5) is 0 Å². The molecule has 0 spiro atoms. The van der Waals surface area contributed by atoms with Crippen LogP contribution in [0, 0.1) is 6.92 Å². The number of nitrogens with one attached hydrogen (secondary N) is 2. The van der Waals surface area contributed by atoms with E-state index in [2.05, 4.69) is 35.4 Å². The molecule has 2 N–H and O–H groups in total. The molecule has 1 aromatic heterocycles. The lowest BCUT2D eigenvalue weighted by molar-refractivity contribution is -0.129. The van der Waals surface area contributed by atoms with Gasteiger partial charge in [0.1, 0.15) is 6.10 Å². The molecule has 2 aromatic rings. The van der Waals surface area contributed by atoms with Gasteiger partial charge in [0, 0.05) is 30.3 Å². The number of hydrogen-bond acceptors (Lipinski definition) is 2. The van der Waals surface area contributed by atoms with Crippen molar-refractivity contribution in [3.05, 3.63) is 35.5 Å². The Morgan fingerprint density at radius 3 is 3.20 bits per heavy atom. The van der Waals surface area contributed by atoms with Crippen LogP contribution in [0.1, 0.15) is 24.0 Å². The van der Waals surface area contributed by atoms with Crippen LogP contribution in [-0.2, 0) is 16.0 Å². The lowest BCUT2D eigenvalue weighted by atomic mass is 10.1. The number of aromatic nitrogens is 1. The molecular weight excluding hydrogens is 252 g/mol. The number of amides is 1. The van der Waals surface area contributed by atoms with Crippen LogP contribution in [-0.4, -0.2) is 30.1 Å². The lowest BCUT2D eigenvalue weighted by Gasteiger charge is -2.10. The Kier molecular flexibility index (Phi) is 3.74. The first-order valence-electron chi connectivity index (χ1n) is 7.20. The van der Waals surface area contributed by atoms with Crippen molar-refractivity contribution in [3.8, 4) is 0 Å². The molecule has 0 saturated carbocycles. The molecule has 4 heteroatoms. The van der Waals surface area contributed by atoms with E-state index in [1.807, 2.05) is 6.20 Å². The molecule has 0 aliphatic carbocycles. The van der Waals surface area contributed by atoms with Crippen LogP contribution in [0.25, 0.3) is 10.9 Å². The van der Waals surface area contributed by atoms with E-state index >= 15 is 0 Å². The molecule has 0 radical (unpaired) electrons. The number of aryl methyl sites for hydroxylation is 1. The van der Waals surface area contributed by atoms with Gasteiger partial charge in [-0.05, 0) is 43.9 Å². The van der Waals surface area contributed by atoms with Gasteiger partial charge < -0.3 is 15.0 Å². The summed E-state index contributed by atoms with van der Waals surface area (Å²) in [5, 5.41) is 4.21. The third-order valence-electron chi connectivity index (χ3n) is 3.84. The maximum Gasteiger partial charge on any atom is 0.249 e. The minimum absolute atomic E-state index is 0.0264. The summed E-state index contributed by atoms with van der Waals surface area (Å²) in [4.78, 5) is 15.1. The van der Waals surface area contributed by atoms with Crippen molar-refractivity contribution in [2.75, 3.05) is 13.2 Å². The Hall–Kier alpha value is -1.81. The van der Waals surface area contributed by atoms with E-state index in [4.69, 9.17) is 4.74 Å². The molecule has 1 aliphatic rings. The third-order valence-corrected chi connectivity index (χ3v) is 3.84. The molecule has 1 saturated heterocycles. The van der Waals surface area contributed by atoms with Gasteiger partial charge in [0.05, 0.1) is 0 Å². The van der Waals surface area contributed by atoms with Gasteiger partial charge in [-0.3, -0.25) is 4.79 Å². The first kappa shape index (κ1) is 13.2. The van der Waals surface area contributed by atoms with Crippen molar-refractivity contribution >= 4 is 16.8 Å². The molecular formula is C16H20N2O2. The number of fused-ring (bicyclic) bond motifs is 1. The zero-order valence-electron chi connectivity index (χ0n) is 11.7. The second-order valence-electron chi connectivity index (χ2n) is 5.41.